The Morgan fingerprint density at radius 3 is 2.82 bits per heavy atom. The van der Waals surface area contributed by atoms with Gasteiger partial charge in [-0.3, -0.25) is 9.59 Å². The van der Waals surface area contributed by atoms with E-state index in [1.165, 1.54) is 24.3 Å². The van der Waals surface area contributed by atoms with E-state index >= 15 is 0 Å². The minimum atomic E-state index is -1.08. The number of carboxylic acids is 1. The van der Waals surface area contributed by atoms with E-state index in [1.807, 2.05) is 0 Å². The molecule has 6 heteroatoms. The first-order valence-corrected chi connectivity index (χ1v) is 5.80. The molecule has 3 N–H and O–H groups in total. The molecule has 1 rings (SSSR count). The molecule has 1 atom stereocenters. The van der Waals surface area contributed by atoms with Gasteiger partial charge in [-0.25, -0.2) is 0 Å². The van der Waals surface area contributed by atoms with Crippen LogP contribution in [0.3, 0.4) is 0 Å². The van der Waals surface area contributed by atoms with E-state index in [1.54, 1.807) is 17.5 Å². The SMILES string of the molecule is C[C@@H](NC(=O)/C=C/c1cc(CO)cs1)C(=O)O. The fraction of sp³-hybridized carbons (Fsp3) is 0.273. The molecule has 92 valence electrons. The Labute approximate surface area is 102 Å². The molecule has 0 spiro atoms. The van der Waals surface area contributed by atoms with E-state index < -0.39 is 17.9 Å². The molecular formula is C11H13NO4S. The van der Waals surface area contributed by atoms with Gasteiger partial charge < -0.3 is 15.5 Å². The van der Waals surface area contributed by atoms with Gasteiger partial charge in [0, 0.05) is 11.0 Å². The maximum Gasteiger partial charge on any atom is 0.325 e. The van der Waals surface area contributed by atoms with Gasteiger partial charge in [-0.2, -0.15) is 0 Å². The lowest BCUT2D eigenvalue weighted by molar-refractivity contribution is -0.140. The zero-order valence-electron chi connectivity index (χ0n) is 9.21. The van der Waals surface area contributed by atoms with Crippen molar-refractivity contribution in [2.45, 2.75) is 19.6 Å². The smallest absolute Gasteiger partial charge is 0.325 e. The fourth-order valence-corrected chi connectivity index (χ4v) is 1.84. The van der Waals surface area contributed by atoms with Gasteiger partial charge in [0.05, 0.1) is 6.61 Å². The summed E-state index contributed by atoms with van der Waals surface area (Å²) in [7, 11) is 0. The van der Waals surface area contributed by atoms with E-state index in [9.17, 15) is 9.59 Å². The average molecular weight is 255 g/mol. The van der Waals surface area contributed by atoms with Crippen molar-refractivity contribution in [3.8, 4) is 0 Å². The summed E-state index contributed by atoms with van der Waals surface area (Å²) in [4.78, 5) is 22.6. The lowest BCUT2D eigenvalue weighted by Crippen LogP contribution is -2.37. The lowest BCUT2D eigenvalue weighted by atomic mass is 10.3. The molecule has 1 amide bonds. The molecule has 0 aromatic carbocycles. The third-order valence-corrected chi connectivity index (χ3v) is 2.93. The van der Waals surface area contributed by atoms with Crippen molar-refractivity contribution < 1.29 is 19.8 Å². The number of aliphatic hydroxyl groups is 1. The first-order chi connectivity index (χ1) is 8.02. The molecule has 0 bridgehead atoms. The van der Waals surface area contributed by atoms with Crippen LogP contribution >= 0.6 is 11.3 Å². The fourth-order valence-electron chi connectivity index (χ4n) is 1.05. The van der Waals surface area contributed by atoms with Gasteiger partial charge in [-0.05, 0) is 30.0 Å². The molecule has 0 saturated heterocycles. The molecule has 0 fully saturated rings. The van der Waals surface area contributed by atoms with Gasteiger partial charge in [0.2, 0.25) is 5.91 Å². The molecule has 1 heterocycles. The molecule has 0 radical (unpaired) electrons. The maximum atomic E-state index is 11.3. The predicted molar refractivity (Wildman–Crippen MR) is 64.5 cm³/mol. The number of carbonyl (C=O) groups excluding carboxylic acids is 1. The second kappa shape index (κ2) is 6.17. The number of aliphatic carboxylic acids is 1. The van der Waals surface area contributed by atoms with Crippen molar-refractivity contribution in [3.05, 3.63) is 28.0 Å². The number of carbonyl (C=O) groups is 2. The van der Waals surface area contributed by atoms with Crippen LogP contribution in [0.4, 0.5) is 0 Å². The summed E-state index contributed by atoms with van der Waals surface area (Å²) < 4.78 is 0. The zero-order valence-corrected chi connectivity index (χ0v) is 10.0. The van der Waals surface area contributed by atoms with Crippen LogP contribution in [0.5, 0.6) is 0 Å². The summed E-state index contributed by atoms with van der Waals surface area (Å²) >= 11 is 1.40. The minimum absolute atomic E-state index is 0.0351. The number of rotatable bonds is 5. The summed E-state index contributed by atoms with van der Waals surface area (Å²) in [6.45, 7) is 1.36. The lowest BCUT2D eigenvalue weighted by Gasteiger charge is -2.05. The highest BCUT2D eigenvalue weighted by Crippen LogP contribution is 2.15. The summed E-state index contributed by atoms with van der Waals surface area (Å²) in [6.07, 6.45) is 2.85. The number of thiophene rings is 1. The van der Waals surface area contributed by atoms with Crippen LogP contribution in [-0.4, -0.2) is 28.1 Å². The average Bonchev–Trinajstić information content (AvgIpc) is 2.74. The highest BCUT2D eigenvalue weighted by Gasteiger charge is 2.11. The minimum Gasteiger partial charge on any atom is -0.480 e. The summed E-state index contributed by atoms with van der Waals surface area (Å²) in [5, 5.41) is 21.5. The Balaban J connectivity index is 2.53. The number of carboxylic acid groups (broad SMARTS) is 1. The monoisotopic (exact) mass is 255 g/mol. The van der Waals surface area contributed by atoms with E-state index in [0.29, 0.717) is 0 Å². The van der Waals surface area contributed by atoms with E-state index in [-0.39, 0.29) is 6.61 Å². The Morgan fingerprint density at radius 2 is 2.29 bits per heavy atom. The Morgan fingerprint density at radius 1 is 1.59 bits per heavy atom. The molecule has 0 aliphatic carbocycles. The third kappa shape index (κ3) is 4.38. The van der Waals surface area contributed by atoms with Crippen molar-refractivity contribution >= 4 is 29.3 Å². The molecular weight excluding hydrogens is 242 g/mol. The summed E-state index contributed by atoms with van der Waals surface area (Å²) in [5.41, 5.74) is 0.786. The number of amides is 1. The predicted octanol–water partition coefficient (Wildman–Crippen LogP) is 0.843. The molecule has 5 nitrogen and oxygen atoms in total. The van der Waals surface area contributed by atoms with E-state index in [4.69, 9.17) is 10.2 Å². The van der Waals surface area contributed by atoms with Gasteiger partial charge in [0.1, 0.15) is 6.04 Å². The largest absolute Gasteiger partial charge is 0.480 e. The normalized spacial score (nSPS) is 12.6. The van der Waals surface area contributed by atoms with Crippen LogP contribution in [0.1, 0.15) is 17.4 Å². The van der Waals surface area contributed by atoms with Crippen LogP contribution < -0.4 is 5.32 Å². The van der Waals surface area contributed by atoms with Crippen molar-refractivity contribution in [1.29, 1.82) is 0 Å². The standard InChI is InChI=1S/C11H13NO4S/c1-7(11(15)16)12-10(14)3-2-9-4-8(5-13)6-17-9/h2-4,6-7,13H,5H2,1H3,(H,12,14)(H,15,16)/b3-2+/t7-/m1/s1. The van der Waals surface area contributed by atoms with Crippen LogP contribution in [0.15, 0.2) is 17.5 Å². The topological polar surface area (TPSA) is 86.6 Å². The summed E-state index contributed by atoms with van der Waals surface area (Å²) in [5.74, 6) is -1.54. The highest BCUT2D eigenvalue weighted by atomic mass is 32.1. The number of nitrogens with one attached hydrogen (secondary N) is 1. The first-order valence-electron chi connectivity index (χ1n) is 4.92. The van der Waals surface area contributed by atoms with Gasteiger partial charge in [0.15, 0.2) is 0 Å². The third-order valence-electron chi connectivity index (χ3n) is 1.98. The Kier molecular flexibility index (Phi) is 4.86. The molecule has 0 aliphatic rings. The van der Waals surface area contributed by atoms with Crippen molar-refractivity contribution in [3.63, 3.8) is 0 Å². The number of hydrogen-bond acceptors (Lipinski definition) is 4. The Bertz CT molecular complexity index is 438. The second-order valence-electron chi connectivity index (χ2n) is 3.42. The van der Waals surface area contributed by atoms with Crippen LogP contribution in [-0.2, 0) is 16.2 Å². The van der Waals surface area contributed by atoms with Gasteiger partial charge >= 0.3 is 5.97 Å². The van der Waals surface area contributed by atoms with E-state index in [2.05, 4.69) is 5.32 Å². The first kappa shape index (κ1) is 13.4. The van der Waals surface area contributed by atoms with Gasteiger partial charge in [-0.1, -0.05) is 0 Å². The van der Waals surface area contributed by atoms with Crippen LogP contribution in [0.25, 0.3) is 6.08 Å². The van der Waals surface area contributed by atoms with Gasteiger partial charge in [-0.15, -0.1) is 11.3 Å². The quantitative estimate of drug-likeness (QED) is 0.680. The van der Waals surface area contributed by atoms with Crippen LogP contribution in [0, 0.1) is 0 Å². The maximum absolute atomic E-state index is 11.3. The molecule has 0 aliphatic heterocycles. The van der Waals surface area contributed by atoms with Crippen molar-refractivity contribution in [1.82, 2.24) is 5.32 Å². The molecule has 0 saturated carbocycles. The summed E-state index contributed by atoms with van der Waals surface area (Å²) in [6, 6.07) is 0.846. The molecule has 0 unspecified atom stereocenters. The molecule has 17 heavy (non-hydrogen) atoms. The van der Waals surface area contributed by atoms with Gasteiger partial charge in [0.25, 0.3) is 0 Å². The number of hydrogen-bond donors (Lipinski definition) is 3. The van der Waals surface area contributed by atoms with E-state index in [0.717, 1.165) is 10.4 Å². The number of aliphatic hydroxyl groups excluding tert-OH is 1. The van der Waals surface area contributed by atoms with Crippen molar-refractivity contribution in [2.24, 2.45) is 0 Å². The second-order valence-corrected chi connectivity index (χ2v) is 4.36. The highest BCUT2D eigenvalue weighted by molar-refractivity contribution is 7.11. The molecule has 1 aromatic heterocycles. The Hall–Kier alpha value is -1.66. The van der Waals surface area contributed by atoms with Crippen LogP contribution in [0.2, 0.25) is 0 Å². The molecule has 1 aromatic rings. The zero-order chi connectivity index (χ0) is 12.8. The van der Waals surface area contributed by atoms with Crippen molar-refractivity contribution in [2.75, 3.05) is 0 Å².